The van der Waals surface area contributed by atoms with Gasteiger partial charge in [0, 0.05) is 34.8 Å². The molecule has 0 aliphatic rings. The third kappa shape index (κ3) is 4.02. The number of alkyl halides is 4. The average Bonchev–Trinajstić information content (AvgIpc) is 3.03. The van der Waals surface area contributed by atoms with Crippen LogP contribution in [0.4, 0.5) is 17.6 Å². The highest BCUT2D eigenvalue weighted by molar-refractivity contribution is 7.80. The highest BCUT2D eigenvalue weighted by atomic mass is 32.1. The smallest absolute Gasteiger partial charge is 0.248 e. The molecular formula is C20H18F4N2OS. The van der Waals surface area contributed by atoms with Crippen molar-refractivity contribution in [3.63, 3.8) is 0 Å². The fourth-order valence-corrected chi connectivity index (χ4v) is 3.28. The Bertz CT molecular complexity index is 995. The molecule has 0 unspecified atom stereocenters. The Kier molecular flexibility index (Phi) is 6.00. The van der Waals surface area contributed by atoms with E-state index in [1.165, 1.54) is 4.57 Å². The monoisotopic (exact) mass is 410 g/mol. The van der Waals surface area contributed by atoms with E-state index in [0.717, 1.165) is 5.56 Å². The minimum atomic E-state index is -3.15. The number of hydrogen-bond acceptors (Lipinski definition) is 2. The molecule has 0 aliphatic heterocycles. The zero-order valence-corrected chi connectivity index (χ0v) is 15.5. The molecule has 0 radical (unpaired) electrons. The lowest BCUT2D eigenvalue weighted by Crippen LogP contribution is -2.25. The maximum atomic E-state index is 13.1. The molecule has 0 saturated heterocycles. The van der Waals surface area contributed by atoms with Crippen LogP contribution in [0.1, 0.15) is 11.1 Å². The van der Waals surface area contributed by atoms with Gasteiger partial charge in [-0.3, -0.25) is 0 Å². The molecule has 3 nitrogen and oxygen atoms in total. The van der Waals surface area contributed by atoms with Crippen molar-refractivity contribution in [3.05, 3.63) is 59.8 Å². The summed E-state index contributed by atoms with van der Waals surface area (Å²) < 4.78 is 53.8. The molecule has 3 N–H and O–H groups in total. The van der Waals surface area contributed by atoms with Gasteiger partial charge in [-0.15, -0.1) is 0 Å². The number of aliphatic hydroxyl groups excluding tert-OH is 1. The van der Waals surface area contributed by atoms with Crippen molar-refractivity contribution in [2.75, 3.05) is 0 Å². The first-order chi connectivity index (χ1) is 13.3. The Hall–Kier alpha value is -2.45. The van der Waals surface area contributed by atoms with Crippen LogP contribution in [0.25, 0.3) is 22.0 Å². The number of nitrogens with two attached hydrogens (primary N) is 1. The summed E-state index contributed by atoms with van der Waals surface area (Å²) in [6, 6.07) is 12.1. The van der Waals surface area contributed by atoms with Crippen molar-refractivity contribution >= 4 is 28.1 Å². The quantitative estimate of drug-likeness (QED) is 0.443. The van der Waals surface area contributed by atoms with Crippen molar-refractivity contribution in [1.29, 1.82) is 0 Å². The van der Waals surface area contributed by atoms with Gasteiger partial charge in [0.05, 0.1) is 12.5 Å². The summed E-state index contributed by atoms with van der Waals surface area (Å²) >= 11 is 5.00. The Balaban J connectivity index is 2.17. The second-order valence-electron chi connectivity index (χ2n) is 6.48. The number of aliphatic hydroxyl groups is 1. The maximum absolute atomic E-state index is 13.1. The van der Waals surface area contributed by atoms with E-state index >= 15 is 0 Å². The largest absolute Gasteiger partial charge is 0.392 e. The summed E-state index contributed by atoms with van der Waals surface area (Å²) in [5.74, 6) is -2.09. The van der Waals surface area contributed by atoms with Crippen molar-refractivity contribution in [1.82, 2.24) is 4.57 Å². The van der Waals surface area contributed by atoms with Crippen molar-refractivity contribution in [2.45, 2.75) is 26.0 Å². The van der Waals surface area contributed by atoms with Gasteiger partial charge < -0.3 is 15.4 Å². The Morgan fingerprint density at radius 3 is 2.39 bits per heavy atom. The number of benzene rings is 2. The summed E-state index contributed by atoms with van der Waals surface area (Å²) in [4.78, 5) is 0.212. The third-order valence-electron chi connectivity index (χ3n) is 4.64. The van der Waals surface area contributed by atoms with E-state index in [4.69, 9.17) is 18.0 Å². The van der Waals surface area contributed by atoms with E-state index < -0.39 is 25.3 Å². The van der Waals surface area contributed by atoms with E-state index in [1.807, 2.05) is 0 Å². The van der Waals surface area contributed by atoms with E-state index in [9.17, 15) is 22.7 Å². The molecule has 3 rings (SSSR count). The standard InChI is InChI=1S/C20H18F4N2OS/c21-18(22)16(19(23)24)9-26-8-15(12-2-1-3-13(7-12)20(25)28)14-5-4-11(10-27)6-17(14)26/h1-8,16,18-19,27H,9-10H2,(H2,25,28). The molecule has 1 heterocycles. The minimum absolute atomic E-state index is 0.212. The molecule has 0 bridgehead atoms. The Labute approximate surface area is 164 Å². The first-order valence-electron chi connectivity index (χ1n) is 8.51. The van der Waals surface area contributed by atoms with Gasteiger partial charge in [-0.2, -0.15) is 0 Å². The molecule has 2 aromatic carbocycles. The molecule has 0 fully saturated rings. The van der Waals surface area contributed by atoms with Gasteiger partial charge >= 0.3 is 0 Å². The molecule has 0 saturated carbocycles. The number of nitrogens with zero attached hydrogens (tertiary/aromatic N) is 1. The Morgan fingerprint density at radius 1 is 1.07 bits per heavy atom. The second-order valence-corrected chi connectivity index (χ2v) is 6.92. The van der Waals surface area contributed by atoms with Crippen LogP contribution in [0.15, 0.2) is 48.7 Å². The molecule has 0 spiro atoms. The predicted octanol–water partition coefficient (Wildman–Crippen LogP) is 4.58. The lowest BCUT2D eigenvalue weighted by molar-refractivity contribution is -0.0339. The summed E-state index contributed by atoms with van der Waals surface area (Å²) in [5, 5.41) is 10.1. The van der Waals surface area contributed by atoms with E-state index in [-0.39, 0.29) is 11.6 Å². The van der Waals surface area contributed by atoms with E-state index in [1.54, 1.807) is 48.7 Å². The molecule has 3 aromatic rings. The Morgan fingerprint density at radius 2 is 1.79 bits per heavy atom. The van der Waals surface area contributed by atoms with Gasteiger partial charge in [0.25, 0.3) is 0 Å². The van der Waals surface area contributed by atoms with Crippen LogP contribution in [0.2, 0.25) is 0 Å². The molecular weight excluding hydrogens is 392 g/mol. The number of hydrogen-bond donors (Lipinski definition) is 2. The van der Waals surface area contributed by atoms with Gasteiger partial charge in [0.15, 0.2) is 0 Å². The lowest BCUT2D eigenvalue weighted by atomic mass is 10.0. The molecule has 8 heteroatoms. The first-order valence-corrected chi connectivity index (χ1v) is 8.91. The fourth-order valence-electron chi connectivity index (χ4n) is 3.15. The second kappa shape index (κ2) is 8.28. The molecule has 148 valence electrons. The third-order valence-corrected chi connectivity index (χ3v) is 4.88. The normalized spacial score (nSPS) is 11.9. The maximum Gasteiger partial charge on any atom is 0.248 e. The summed E-state index contributed by atoms with van der Waals surface area (Å²) in [6.07, 6.45) is -4.73. The zero-order valence-electron chi connectivity index (χ0n) is 14.7. The van der Waals surface area contributed by atoms with Crippen LogP contribution in [0.5, 0.6) is 0 Å². The molecule has 28 heavy (non-hydrogen) atoms. The molecule has 1 aromatic heterocycles. The minimum Gasteiger partial charge on any atom is -0.392 e. The van der Waals surface area contributed by atoms with Gasteiger partial charge in [0.2, 0.25) is 12.9 Å². The average molecular weight is 410 g/mol. The fraction of sp³-hybridized carbons (Fsp3) is 0.250. The molecule has 0 aliphatic carbocycles. The summed E-state index contributed by atoms with van der Waals surface area (Å²) in [5.41, 5.74) is 8.78. The van der Waals surface area contributed by atoms with E-state index in [2.05, 4.69) is 0 Å². The van der Waals surface area contributed by atoms with Crippen molar-refractivity contribution in [3.8, 4) is 11.1 Å². The zero-order chi connectivity index (χ0) is 20.4. The van der Waals surface area contributed by atoms with Crippen LogP contribution in [0.3, 0.4) is 0 Å². The summed E-state index contributed by atoms with van der Waals surface area (Å²) in [7, 11) is 0. The van der Waals surface area contributed by atoms with Gasteiger partial charge in [-0.25, -0.2) is 17.6 Å². The van der Waals surface area contributed by atoms with E-state index in [0.29, 0.717) is 27.6 Å². The highest BCUT2D eigenvalue weighted by Crippen LogP contribution is 2.33. The topological polar surface area (TPSA) is 51.2 Å². The van der Waals surface area contributed by atoms with Gasteiger partial charge in [-0.05, 0) is 23.3 Å². The van der Waals surface area contributed by atoms with Crippen LogP contribution < -0.4 is 5.73 Å². The van der Waals surface area contributed by atoms with Gasteiger partial charge in [0.1, 0.15) is 4.99 Å². The first kappa shape index (κ1) is 20.3. The summed E-state index contributed by atoms with van der Waals surface area (Å²) in [6.45, 7) is -0.795. The molecule has 0 atom stereocenters. The van der Waals surface area contributed by atoms with Crippen LogP contribution in [-0.4, -0.2) is 27.5 Å². The highest BCUT2D eigenvalue weighted by Gasteiger charge is 2.31. The van der Waals surface area contributed by atoms with Crippen LogP contribution in [-0.2, 0) is 13.2 Å². The molecule has 0 amide bonds. The van der Waals surface area contributed by atoms with Crippen LogP contribution >= 0.6 is 12.2 Å². The number of rotatable bonds is 7. The number of thiocarbonyl (C=S) groups is 1. The van der Waals surface area contributed by atoms with Gasteiger partial charge in [-0.1, -0.05) is 42.5 Å². The van der Waals surface area contributed by atoms with Crippen LogP contribution in [0, 0.1) is 5.92 Å². The predicted molar refractivity (Wildman–Crippen MR) is 105 cm³/mol. The number of fused-ring (bicyclic) bond motifs is 1. The lowest BCUT2D eigenvalue weighted by Gasteiger charge is -2.16. The van der Waals surface area contributed by atoms with Crippen molar-refractivity contribution < 1.29 is 22.7 Å². The number of halogens is 4. The number of aromatic nitrogens is 1. The van der Waals surface area contributed by atoms with Crippen molar-refractivity contribution in [2.24, 2.45) is 11.7 Å². The SMILES string of the molecule is NC(=S)c1cccc(-c2cn(CC(C(F)F)C(F)F)c3cc(CO)ccc23)c1.